The lowest BCUT2D eigenvalue weighted by Gasteiger charge is -2.37. The first kappa shape index (κ1) is 16.0. The summed E-state index contributed by atoms with van der Waals surface area (Å²) in [4.78, 5) is 25.6. The first-order chi connectivity index (χ1) is 11.2. The number of carboxylic acid groups (broad SMARTS) is 1. The Morgan fingerprint density at radius 2 is 1.91 bits per heavy atom. The maximum Gasteiger partial charge on any atom is 0.334 e. The zero-order chi connectivity index (χ0) is 16.2. The number of amides is 1. The summed E-state index contributed by atoms with van der Waals surface area (Å²) in [5, 5.41) is 9.09. The van der Waals surface area contributed by atoms with Gasteiger partial charge in [0, 0.05) is 13.2 Å². The molecule has 1 amide bonds. The van der Waals surface area contributed by atoms with Crippen LogP contribution in [-0.2, 0) is 19.1 Å². The average Bonchev–Trinajstić information content (AvgIpc) is 2.62. The van der Waals surface area contributed by atoms with E-state index in [0.29, 0.717) is 13.2 Å². The molecule has 2 heterocycles. The zero-order valence-electron chi connectivity index (χ0n) is 12.9. The Kier molecular flexibility index (Phi) is 4.93. The quantitative estimate of drug-likeness (QED) is 0.913. The molecule has 0 aromatic heterocycles. The van der Waals surface area contributed by atoms with Gasteiger partial charge in [0.25, 0.3) is 0 Å². The van der Waals surface area contributed by atoms with E-state index in [1.807, 2.05) is 30.3 Å². The number of hydrogen-bond acceptors (Lipinski definition) is 4. The number of ether oxygens (including phenoxy) is 2. The SMILES string of the molecule is O=C(O)[C@@H]1CN(C(=O)[C@H]2CCCO[C@@H]2c2ccccc2)CCO1. The Morgan fingerprint density at radius 3 is 2.65 bits per heavy atom. The fourth-order valence-electron chi connectivity index (χ4n) is 3.24. The molecule has 1 aromatic carbocycles. The van der Waals surface area contributed by atoms with Crippen LogP contribution in [-0.4, -0.2) is 54.3 Å². The van der Waals surface area contributed by atoms with Gasteiger partial charge in [0.15, 0.2) is 6.10 Å². The molecule has 0 unspecified atom stereocenters. The number of nitrogens with zero attached hydrogens (tertiary/aromatic N) is 1. The van der Waals surface area contributed by atoms with Gasteiger partial charge in [-0.25, -0.2) is 4.79 Å². The summed E-state index contributed by atoms with van der Waals surface area (Å²) in [5.74, 6) is -1.33. The molecule has 3 rings (SSSR count). The van der Waals surface area contributed by atoms with Crippen LogP contribution >= 0.6 is 0 Å². The number of aliphatic carboxylic acids is 1. The van der Waals surface area contributed by atoms with Gasteiger partial charge in [0.05, 0.1) is 25.2 Å². The highest BCUT2D eigenvalue weighted by Crippen LogP contribution is 2.35. The van der Waals surface area contributed by atoms with Gasteiger partial charge in [-0.1, -0.05) is 30.3 Å². The molecule has 2 aliphatic rings. The number of hydrogen-bond donors (Lipinski definition) is 1. The van der Waals surface area contributed by atoms with E-state index >= 15 is 0 Å². The average molecular weight is 319 g/mol. The van der Waals surface area contributed by atoms with Crippen LogP contribution in [0.4, 0.5) is 0 Å². The number of morpholine rings is 1. The van der Waals surface area contributed by atoms with Crippen molar-refractivity contribution >= 4 is 11.9 Å². The molecule has 3 atom stereocenters. The van der Waals surface area contributed by atoms with E-state index in [1.54, 1.807) is 4.90 Å². The number of carboxylic acids is 1. The van der Waals surface area contributed by atoms with E-state index in [9.17, 15) is 9.59 Å². The van der Waals surface area contributed by atoms with Crippen LogP contribution in [0.3, 0.4) is 0 Å². The van der Waals surface area contributed by atoms with E-state index in [0.717, 1.165) is 18.4 Å². The highest BCUT2D eigenvalue weighted by atomic mass is 16.5. The number of carbonyl (C=O) groups excluding carboxylic acids is 1. The second kappa shape index (κ2) is 7.10. The minimum absolute atomic E-state index is 0.0342. The number of rotatable bonds is 3. The van der Waals surface area contributed by atoms with Crippen molar-refractivity contribution in [1.82, 2.24) is 4.90 Å². The van der Waals surface area contributed by atoms with Crippen molar-refractivity contribution in [2.45, 2.75) is 25.0 Å². The number of benzene rings is 1. The lowest BCUT2D eigenvalue weighted by Crippen LogP contribution is -2.51. The van der Waals surface area contributed by atoms with E-state index in [-0.39, 0.29) is 31.1 Å². The van der Waals surface area contributed by atoms with Gasteiger partial charge in [-0.05, 0) is 18.4 Å². The van der Waals surface area contributed by atoms with Gasteiger partial charge in [0.2, 0.25) is 5.91 Å². The fraction of sp³-hybridized carbons (Fsp3) is 0.529. The second-order valence-corrected chi connectivity index (χ2v) is 5.93. The van der Waals surface area contributed by atoms with Crippen LogP contribution in [0.1, 0.15) is 24.5 Å². The lowest BCUT2D eigenvalue weighted by molar-refractivity contribution is -0.163. The standard InChI is InChI=1S/C17H21NO5/c19-16(18-8-10-22-14(11-18)17(20)21)13-7-4-9-23-15(13)12-5-2-1-3-6-12/h1-3,5-6,13-15H,4,7-11H2,(H,20,21)/t13-,14-,15+/m0/s1. The Hall–Kier alpha value is -1.92. The van der Waals surface area contributed by atoms with Crippen molar-refractivity contribution < 1.29 is 24.2 Å². The van der Waals surface area contributed by atoms with Crippen molar-refractivity contribution in [3.63, 3.8) is 0 Å². The highest BCUT2D eigenvalue weighted by Gasteiger charge is 2.38. The molecular formula is C17H21NO5. The van der Waals surface area contributed by atoms with Gasteiger partial charge < -0.3 is 19.5 Å². The molecule has 1 aromatic rings. The minimum Gasteiger partial charge on any atom is -0.479 e. The Labute approximate surface area is 135 Å². The van der Waals surface area contributed by atoms with Crippen molar-refractivity contribution in [3.8, 4) is 0 Å². The molecule has 124 valence electrons. The third kappa shape index (κ3) is 3.54. The predicted octanol–water partition coefficient (Wildman–Crippen LogP) is 1.47. The van der Waals surface area contributed by atoms with E-state index in [1.165, 1.54) is 0 Å². The summed E-state index contributed by atoms with van der Waals surface area (Å²) in [6.45, 7) is 1.43. The minimum atomic E-state index is -1.03. The third-order valence-corrected chi connectivity index (χ3v) is 4.42. The molecule has 6 heteroatoms. The summed E-state index contributed by atoms with van der Waals surface area (Å²) < 4.78 is 11.1. The van der Waals surface area contributed by atoms with Gasteiger partial charge in [-0.3, -0.25) is 4.79 Å². The van der Waals surface area contributed by atoms with Gasteiger partial charge >= 0.3 is 5.97 Å². The molecule has 2 saturated heterocycles. The summed E-state index contributed by atoms with van der Waals surface area (Å²) in [6, 6.07) is 9.74. The van der Waals surface area contributed by atoms with Crippen LogP contribution in [0, 0.1) is 5.92 Å². The van der Waals surface area contributed by atoms with Crippen LogP contribution in [0.25, 0.3) is 0 Å². The summed E-state index contributed by atoms with van der Waals surface area (Å²) in [7, 11) is 0. The van der Waals surface area contributed by atoms with E-state index in [2.05, 4.69) is 0 Å². The largest absolute Gasteiger partial charge is 0.479 e. The highest BCUT2D eigenvalue weighted by molar-refractivity contribution is 5.81. The predicted molar refractivity (Wildman–Crippen MR) is 81.8 cm³/mol. The lowest BCUT2D eigenvalue weighted by atomic mass is 9.88. The second-order valence-electron chi connectivity index (χ2n) is 5.93. The van der Waals surface area contributed by atoms with Crippen LogP contribution in [0.15, 0.2) is 30.3 Å². The van der Waals surface area contributed by atoms with E-state index < -0.39 is 12.1 Å². The molecule has 6 nitrogen and oxygen atoms in total. The normalized spacial score (nSPS) is 28.3. The Balaban J connectivity index is 1.75. The molecule has 0 radical (unpaired) electrons. The molecule has 2 fully saturated rings. The molecular weight excluding hydrogens is 298 g/mol. The van der Waals surface area contributed by atoms with Gasteiger partial charge in [-0.2, -0.15) is 0 Å². The third-order valence-electron chi connectivity index (χ3n) is 4.42. The molecule has 1 N–H and O–H groups in total. The fourth-order valence-corrected chi connectivity index (χ4v) is 3.24. The van der Waals surface area contributed by atoms with Crippen molar-refractivity contribution in [2.24, 2.45) is 5.92 Å². The first-order valence-electron chi connectivity index (χ1n) is 7.96. The topological polar surface area (TPSA) is 76.1 Å². The Bertz CT molecular complexity index is 561. The van der Waals surface area contributed by atoms with Crippen LogP contribution in [0.2, 0.25) is 0 Å². The molecule has 0 aliphatic carbocycles. The molecule has 0 spiro atoms. The monoisotopic (exact) mass is 319 g/mol. The molecule has 23 heavy (non-hydrogen) atoms. The van der Waals surface area contributed by atoms with Gasteiger partial charge in [-0.15, -0.1) is 0 Å². The molecule has 0 bridgehead atoms. The molecule has 0 saturated carbocycles. The van der Waals surface area contributed by atoms with Crippen LogP contribution in [0.5, 0.6) is 0 Å². The first-order valence-corrected chi connectivity index (χ1v) is 7.96. The van der Waals surface area contributed by atoms with Crippen molar-refractivity contribution in [3.05, 3.63) is 35.9 Å². The summed E-state index contributed by atoms with van der Waals surface area (Å²) >= 11 is 0. The van der Waals surface area contributed by atoms with Crippen LogP contribution < -0.4 is 0 Å². The van der Waals surface area contributed by atoms with Crippen molar-refractivity contribution in [1.29, 1.82) is 0 Å². The zero-order valence-corrected chi connectivity index (χ0v) is 12.9. The summed E-state index contributed by atoms with van der Waals surface area (Å²) in [5.41, 5.74) is 0.994. The van der Waals surface area contributed by atoms with E-state index in [4.69, 9.17) is 14.6 Å². The van der Waals surface area contributed by atoms with Gasteiger partial charge in [0.1, 0.15) is 0 Å². The maximum atomic E-state index is 12.9. The van der Waals surface area contributed by atoms with Crippen molar-refractivity contribution in [2.75, 3.05) is 26.3 Å². The number of carbonyl (C=O) groups is 2. The Morgan fingerprint density at radius 1 is 1.13 bits per heavy atom. The smallest absolute Gasteiger partial charge is 0.334 e. The molecule has 2 aliphatic heterocycles. The summed E-state index contributed by atoms with van der Waals surface area (Å²) in [6.07, 6.45) is 0.399. The maximum absolute atomic E-state index is 12.9.